The number of hydrogen-bond acceptors (Lipinski definition) is 4. The van der Waals surface area contributed by atoms with Gasteiger partial charge in [0.1, 0.15) is 0 Å². The van der Waals surface area contributed by atoms with E-state index in [1.807, 2.05) is 0 Å². The van der Waals surface area contributed by atoms with Crippen LogP contribution in [-0.4, -0.2) is 53.0 Å². The lowest BCUT2D eigenvalue weighted by Gasteiger charge is -2.43. The highest BCUT2D eigenvalue weighted by Crippen LogP contribution is 2.25. The SMILES string of the molecule is C[Si](C)(C)N(/N=C1/CCC/C(=N\N([Si](C)(C)C)[Si](C)(C)C)C1)[Si](C)(C)C. The van der Waals surface area contributed by atoms with E-state index in [9.17, 15) is 0 Å². The van der Waals surface area contributed by atoms with Gasteiger partial charge >= 0.3 is 0 Å². The zero-order valence-corrected chi connectivity index (χ0v) is 23.6. The topological polar surface area (TPSA) is 31.2 Å². The maximum atomic E-state index is 5.26. The third kappa shape index (κ3) is 7.09. The van der Waals surface area contributed by atoms with Gasteiger partial charge in [-0.25, -0.2) is 10.2 Å². The molecule has 0 aliphatic heterocycles. The van der Waals surface area contributed by atoms with Crippen molar-refractivity contribution in [3.8, 4) is 0 Å². The molecule has 152 valence electrons. The lowest BCUT2D eigenvalue weighted by Crippen LogP contribution is -2.56. The predicted octanol–water partition coefficient (Wildman–Crippen LogP) is 6.22. The molecule has 1 fully saturated rings. The molecule has 0 N–H and O–H groups in total. The van der Waals surface area contributed by atoms with Crippen LogP contribution in [0.25, 0.3) is 0 Å². The van der Waals surface area contributed by atoms with Crippen molar-refractivity contribution < 1.29 is 0 Å². The maximum Gasteiger partial charge on any atom is 0.158 e. The number of hydrogen-bond donors (Lipinski definition) is 0. The van der Waals surface area contributed by atoms with Crippen LogP contribution in [0.2, 0.25) is 78.6 Å². The van der Waals surface area contributed by atoms with E-state index in [-0.39, 0.29) is 0 Å². The molecule has 0 atom stereocenters. The Hall–Kier alpha value is -0.192. The van der Waals surface area contributed by atoms with Gasteiger partial charge in [0.2, 0.25) is 0 Å². The van der Waals surface area contributed by atoms with Gasteiger partial charge in [-0.3, -0.25) is 0 Å². The van der Waals surface area contributed by atoms with E-state index in [0.717, 1.165) is 19.3 Å². The fraction of sp³-hybridized carbons (Fsp3) is 0.889. The summed E-state index contributed by atoms with van der Waals surface area (Å²) in [6, 6.07) is 0. The molecule has 1 aliphatic rings. The summed E-state index contributed by atoms with van der Waals surface area (Å²) in [6.07, 6.45) is 4.47. The first-order valence-electron chi connectivity index (χ1n) is 10.2. The fourth-order valence-corrected chi connectivity index (χ4v) is 21.8. The van der Waals surface area contributed by atoms with Crippen molar-refractivity contribution in [2.24, 2.45) is 10.2 Å². The Morgan fingerprint density at radius 1 is 0.538 bits per heavy atom. The van der Waals surface area contributed by atoms with E-state index in [1.165, 1.54) is 17.8 Å². The Morgan fingerprint density at radius 3 is 1.04 bits per heavy atom. The van der Waals surface area contributed by atoms with Crippen molar-refractivity contribution >= 4 is 44.4 Å². The van der Waals surface area contributed by atoms with Gasteiger partial charge in [-0.2, -0.15) is 0 Å². The molecule has 0 unspecified atom stereocenters. The summed E-state index contributed by atoms with van der Waals surface area (Å²) in [5, 5.41) is 10.5. The van der Waals surface area contributed by atoms with E-state index in [1.54, 1.807) is 0 Å². The quantitative estimate of drug-likeness (QED) is 0.371. The Bertz CT molecular complexity index is 469. The highest BCUT2D eigenvalue weighted by Gasteiger charge is 2.36. The summed E-state index contributed by atoms with van der Waals surface area (Å²) in [6.45, 7) is 29.1. The maximum absolute atomic E-state index is 5.26. The van der Waals surface area contributed by atoms with Crippen LogP contribution in [0.1, 0.15) is 25.7 Å². The van der Waals surface area contributed by atoms with E-state index < -0.39 is 32.9 Å². The van der Waals surface area contributed by atoms with Crippen molar-refractivity contribution in [1.82, 2.24) is 8.68 Å². The monoisotopic (exact) mass is 428 g/mol. The van der Waals surface area contributed by atoms with Crippen LogP contribution in [0, 0.1) is 0 Å². The predicted molar refractivity (Wildman–Crippen MR) is 130 cm³/mol. The average molecular weight is 429 g/mol. The summed E-state index contributed by atoms with van der Waals surface area (Å²) >= 11 is 0. The van der Waals surface area contributed by atoms with E-state index >= 15 is 0 Å². The van der Waals surface area contributed by atoms with Gasteiger partial charge < -0.3 is 8.68 Å². The molecule has 0 saturated heterocycles. The largest absolute Gasteiger partial charge is 0.350 e. The number of nitrogens with zero attached hydrogens (tertiary/aromatic N) is 4. The zero-order valence-electron chi connectivity index (χ0n) is 19.6. The lowest BCUT2D eigenvalue weighted by molar-refractivity contribution is 0.643. The molecular formula is C18H44N4Si4. The van der Waals surface area contributed by atoms with Crippen LogP contribution in [0.5, 0.6) is 0 Å². The van der Waals surface area contributed by atoms with Gasteiger partial charge in [0.05, 0.1) is 0 Å². The third-order valence-corrected chi connectivity index (χ3v) is 17.9. The molecule has 0 radical (unpaired) electrons. The van der Waals surface area contributed by atoms with E-state index in [4.69, 9.17) is 10.2 Å². The molecular weight excluding hydrogens is 385 g/mol. The summed E-state index contributed by atoms with van der Waals surface area (Å²) in [5.41, 5.74) is 2.73. The molecule has 8 heteroatoms. The second-order valence-corrected chi connectivity index (χ2v) is 31.6. The molecule has 0 aromatic heterocycles. The highest BCUT2D eigenvalue weighted by atomic mass is 28.4. The summed E-state index contributed by atoms with van der Waals surface area (Å²) in [5.74, 6) is 0. The molecule has 1 saturated carbocycles. The molecule has 0 amide bonds. The van der Waals surface area contributed by atoms with E-state index in [2.05, 4.69) is 87.2 Å². The van der Waals surface area contributed by atoms with Crippen LogP contribution in [0.4, 0.5) is 0 Å². The van der Waals surface area contributed by atoms with Gasteiger partial charge in [-0.1, -0.05) is 78.6 Å². The van der Waals surface area contributed by atoms with Crippen LogP contribution >= 0.6 is 0 Å². The third-order valence-electron chi connectivity index (χ3n) is 4.36. The molecule has 1 aliphatic carbocycles. The first-order valence-corrected chi connectivity index (χ1v) is 23.9. The molecule has 0 aromatic rings. The van der Waals surface area contributed by atoms with E-state index in [0.29, 0.717) is 0 Å². The zero-order chi connectivity index (χ0) is 20.6. The minimum absolute atomic E-state index is 0.983. The molecule has 26 heavy (non-hydrogen) atoms. The van der Waals surface area contributed by atoms with Gasteiger partial charge in [-0.05, 0) is 19.3 Å². The van der Waals surface area contributed by atoms with Crippen molar-refractivity contribution in [3.05, 3.63) is 0 Å². The van der Waals surface area contributed by atoms with Crippen molar-refractivity contribution in [1.29, 1.82) is 0 Å². The van der Waals surface area contributed by atoms with Gasteiger partial charge in [0.15, 0.2) is 32.9 Å². The normalized spacial score (nSPS) is 20.6. The number of hydrazone groups is 2. The van der Waals surface area contributed by atoms with Crippen molar-refractivity contribution in [2.45, 2.75) is 104 Å². The summed E-state index contributed by atoms with van der Waals surface area (Å²) in [4.78, 5) is 0. The molecule has 4 nitrogen and oxygen atoms in total. The second kappa shape index (κ2) is 8.04. The summed E-state index contributed by atoms with van der Waals surface area (Å²) in [7, 11) is -5.80. The molecule has 1 rings (SSSR count). The van der Waals surface area contributed by atoms with Gasteiger partial charge in [0.25, 0.3) is 0 Å². The first-order chi connectivity index (χ1) is 11.4. The fourth-order valence-electron chi connectivity index (χ4n) is 3.97. The molecule has 0 aromatic carbocycles. The Kier molecular flexibility index (Phi) is 7.38. The first kappa shape index (κ1) is 23.8. The Balaban J connectivity index is 3.15. The van der Waals surface area contributed by atoms with Gasteiger partial charge in [-0.15, -0.1) is 0 Å². The minimum Gasteiger partial charge on any atom is -0.350 e. The van der Waals surface area contributed by atoms with Crippen molar-refractivity contribution in [3.63, 3.8) is 0 Å². The molecule has 0 spiro atoms. The van der Waals surface area contributed by atoms with Crippen molar-refractivity contribution in [2.75, 3.05) is 0 Å². The summed E-state index contributed by atoms with van der Waals surface area (Å²) < 4.78 is 5.13. The van der Waals surface area contributed by atoms with Gasteiger partial charge in [0, 0.05) is 17.8 Å². The molecule has 0 bridgehead atoms. The smallest absolute Gasteiger partial charge is 0.158 e. The minimum atomic E-state index is -1.45. The van der Waals surface area contributed by atoms with Crippen LogP contribution in [0.3, 0.4) is 0 Å². The Labute approximate surface area is 167 Å². The highest BCUT2D eigenvalue weighted by molar-refractivity contribution is 6.90. The average Bonchev–Trinajstić information content (AvgIpc) is 2.37. The van der Waals surface area contributed by atoms with Crippen LogP contribution in [-0.2, 0) is 0 Å². The standard InChI is InChI=1S/C18H44N4Si4/c1-23(2,3)21(24(4,5)6)19-17-14-13-15-18(16-17)20-22(25(7,8)9)26(10,11)12/h13-16H2,1-12H3/b19-17-,20-18+. The van der Waals surface area contributed by atoms with Crippen LogP contribution < -0.4 is 0 Å². The number of rotatable bonds is 6. The van der Waals surface area contributed by atoms with Crippen LogP contribution in [0.15, 0.2) is 10.2 Å². The molecule has 0 heterocycles. The Morgan fingerprint density at radius 2 is 0.808 bits per heavy atom. The lowest BCUT2D eigenvalue weighted by atomic mass is 9.97. The second-order valence-electron chi connectivity index (χ2n) is 11.7.